The third kappa shape index (κ3) is 2.48. The van der Waals surface area contributed by atoms with E-state index < -0.39 is 0 Å². The van der Waals surface area contributed by atoms with Gasteiger partial charge in [0.15, 0.2) is 0 Å². The van der Waals surface area contributed by atoms with Crippen LogP contribution in [0.4, 0.5) is 0 Å². The van der Waals surface area contributed by atoms with Crippen molar-refractivity contribution in [2.75, 3.05) is 13.2 Å². The molecule has 0 aromatic carbocycles. The van der Waals surface area contributed by atoms with Crippen LogP contribution in [-0.4, -0.2) is 23.8 Å². The Balaban J connectivity index is 1.69. The predicted molar refractivity (Wildman–Crippen MR) is 58.2 cm³/mol. The van der Waals surface area contributed by atoms with Gasteiger partial charge in [-0.1, -0.05) is 19.8 Å². The second-order valence-electron chi connectivity index (χ2n) is 5.46. The van der Waals surface area contributed by atoms with Crippen molar-refractivity contribution in [3.8, 4) is 0 Å². The van der Waals surface area contributed by atoms with Gasteiger partial charge in [-0.15, -0.1) is 0 Å². The fraction of sp³-hybridized carbons (Fsp3) is 1.00. The van der Waals surface area contributed by atoms with Gasteiger partial charge in [0.1, 0.15) is 0 Å². The Bertz CT molecular complexity index is 189. The van der Waals surface area contributed by atoms with Crippen LogP contribution in [0.25, 0.3) is 0 Å². The Hall–Kier alpha value is -0.0800. The molecule has 2 fully saturated rings. The molecule has 2 saturated carbocycles. The molecule has 2 nitrogen and oxygen atoms in total. The van der Waals surface area contributed by atoms with Crippen molar-refractivity contribution in [2.24, 2.45) is 11.8 Å². The molecule has 0 spiro atoms. The Morgan fingerprint density at radius 3 is 2.71 bits per heavy atom. The van der Waals surface area contributed by atoms with E-state index in [1.807, 2.05) is 0 Å². The van der Waals surface area contributed by atoms with Crippen LogP contribution in [0, 0.1) is 11.8 Å². The van der Waals surface area contributed by atoms with Gasteiger partial charge in [0.25, 0.3) is 0 Å². The van der Waals surface area contributed by atoms with Gasteiger partial charge in [-0.25, -0.2) is 0 Å². The molecule has 0 radical (unpaired) electrons. The third-order valence-electron chi connectivity index (χ3n) is 3.97. The van der Waals surface area contributed by atoms with E-state index in [0.29, 0.717) is 6.61 Å². The number of aliphatic hydroxyl groups is 1. The maximum Gasteiger partial charge on any atom is 0.0613 e. The number of aliphatic hydroxyl groups excluding tert-OH is 1. The lowest BCUT2D eigenvalue weighted by Gasteiger charge is -2.28. The van der Waals surface area contributed by atoms with E-state index in [1.165, 1.54) is 38.5 Å². The third-order valence-corrected chi connectivity index (χ3v) is 3.97. The van der Waals surface area contributed by atoms with Crippen LogP contribution < -0.4 is 5.32 Å². The topological polar surface area (TPSA) is 32.3 Å². The maximum absolute atomic E-state index is 9.18. The van der Waals surface area contributed by atoms with Crippen LogP contribution in [0.5, 0.6) is 0 Å². The van der Waals surface area contributed by atoms with Crippen LogP contribution in [0.1, 0.15) is 45.4 Å². The van der Waals surface area contributed by atoms with Crippen molar-refractivity contribution >= 4 is 0 Å². The van der Waals surface area contributed by atoms with Crippen LogP contribution in [0.15, 0.2) is 0 Å². The SMILES string of the molecule is CC1CCCC(CNC2(CO)CC2)C1. The van der Waals surface area contributed by atoms with Crippen molar-refractivity contribution in [2.45, 2.75) is 51.0 Å². The van der Waals surface area contributed by atoms with Crippen molar-refractivity contribution in [1.82, 2.24) is 5.32 Å². The molecule has 0 heterocycles. The molecule has 0 aromatic rings. The molecule has 0 amide bonds. The highest BCUT2D eigenvalue weighted by Crippen LogP contribution is 2.36. The van der Waals surface area contributed by atoms with Gasteiger partial charge < -0.3 is 10.4 Å². The average Bonchev–Trinajstić information content (AvgIpc) is 2.96. The Kier molecular flexibility index (Phi) is 3.13. The van der Waals surface area contributed by atoms with Gasteiger partial charge in [0, 0.05) is 5.54 Å². The van der Waals surface area contributed by atoms with E-state index in [-0.39, 0.29) is 5.54 Å². The lowest BCUT2D eigenvalue weighted by molar-refractivity contribution is 0.208. The Morgan fingerprint density at radius 2 is 2.14 bits per heavy atom. The number of rotatable bonds is 4. The summed E-state index contributed by atoms with van der Waals surface area (Å²) < 4.78 is 0. The summed E-state index contributed by atoms with van der Waals surface area (Å²) in [6, 6.07) is 0. The van der Waals surface area contributed by atoms with Gasteiger partial charge in [-0.05, 0) is 44.1 Å². The molecule has 2 rings (SSSR count). The van der Waals surface area contributed by atoms with Crippen molar-refractivity contribution in [3.63, 3.8) is 0 Å². The zero-order chi connectivity index (χ0) is 10.0. The van der Waals surface area contributed by atoms with Gasteiger partial charge in [0.05, 0.1) is 6.61 Å². The highest BCUT2D eigenvalue weighted by Gasteiger charge is 2.41. The van der Waals surface area contributed by atoms with Gasteiger partial charge >= 0.3 is 0 Å². The molecule has 2 unspecified atom stereocenters. The molecule has 0 saturated heterocycles. The van der Waals surface area contributed by atoms with Gasteiger partial charge in [-0.2, -0.15) is 0 Å². The van der Waals surface area contributed by atoms with E-state index in [9.17, 15) is 5.11 Å². The summed E-state index contributed by atoms with van der Waals surface area (Å²) in [5, 5.41) is 12.7. The highest BCUT2D eigenvalue weighted by molar-refractivity contribution is 5.01. The zero-order valence-corrected chi connectivity index (χ0v) is 9.26. The van der Waals surface area contributed by atoms with E-state index in [0.717, 1.165) is 18.4 Å². The van der Waals surface area contributed by atoms with Crippen molar-refractivity contribution in [1.29, 1.82) is 0 Å². The first-order valence-electron chi connectivity index (χ1n) is 6.10. The molecule has 2 aliphatic rings. The first kappa shape index (κ1) is 10.4. The van der Waals surface area contributed by atoms with Crippen molar-refractivity contribution < 1.29 is 5.11 Å². The minimum Gasteiger partial charge on any atom is -0.394 e. The highest BCUT2D eigenvalue weighted by atomic mass is 16.3. The summed E-state index contributed by atoms with van der Waals surface area (Å²) in [5.41, 5.74) is 0.140. The summed E-state index contributed by atoms with van der Waals surface area (Å²) in [7, 11) is 0. The Morgan fingerprint density at radius 1 is 1.36 bits per heavy atom. The monoisotopic (exact) mass is 197 g/mol. The van der Waals surface area contributed by atoms with E-state index in [4.69, 9.17) is 0 Å². The molecule has 2 atom stereocenters. The minimum absolute atomic E-state index is 0.140. The Labute approximate surface area is 87.1 Å². The predicted octanol–water partition coefficient (Wildman–Crippen LogP) is 1.93. The fourth-order valence-corrected chi connectivity index (χ4v) is 2.65. The number of hydrogen-bond donors (Lipinski definition) is 2. The first-order chi connectivity index (χ1) is 6.74. The maximum atomic E-state index is 9.18. The summed E-state index contributed by atoms with van der Waals surface area (Å²) >= 11 is 0. The molecule has 0 aliphatic heterocycles. The van der Waals surface area contributed by atoms with Crippen LogP contribution in [0.2, 0.25) is 0 Å². The smallest absolute Gasteiger partial charge is 0.0613 e. The lowest BCUT2D eigenvalue weighted by Crippen LogP contribution is -2.39. The first-order valence-corrected chi connectivity index (χ1v) is 6.10. The van der Waals surface area contributed by atoms with Gasteiger partial charge in [0.2, 0.25) is 0 Å². The van der Waals surface area contributed by atoms with E-state index in [2.05, 4.69) is 12.2 Å². The number of hydrogen-bond acceptors (Lipinski definition) is 2. The van der Waals surface area contributed by atoms with Crippen LogP contribution in [0.3, 0.4) is 0 Å². The minimum atomic E-state index is 0.140. The van der Waals surface area contributed by atoms with Crippen LogP contribution in [-0.2, 0) is 0 Å². The molecule has 0 bridgehead atoms. The zero-order valence-electron chi connectivity index (χ0n) is 9.26. The van der Waals surface area contributed by atoms with E-state index in [1.54, 1.807) is 0 Å². The summed E-state index contributed by atoms with van der Waals surface area (Å²) in [4.78, 5) is 0. The average molecular weight is 197 g/mol. The molecule has 82 valence electrons. The molecule has 0 aromatic heterocycles. The molecule has 14 heavy (non-hydrogen) atoms. The summed E-state index contributed by atoms with van der Waals surface area (Å²) in [6.07, 6.45) is 7.94. The largest absolute Gasteiger partial charge is 0.394 e. The fourth-order valence-electron chi connectivity index (χ4n) is 2.65. The standard InChI is InChI=1S/C12H23NO/c1-10-3-2-4-11(7-10)8-13-12(9-14)5-6-12/h10-11,13-14H,2-9H2,1H3. The quantitative estimate of drug-likeness (QED) is 0.722. The molecule has 2 heteroatoms. The summed E-state index contributed by atoms with van der Waals surface area (Å²) in [5.74, 6) is 1.78. The molecule has 2 aliphatic carbocycles. The normalized spacial score (nSPS) is 35.6. The lowest BCUT2D eigenvalue weighted by atomic mass is 9.82. The molecular formula is C12H23NO. The summed E-state index contributed by atoms with van der Waals surface area (Å²) in [6.45, 7) is 3.82. The number of nitrogens with one attached hydrogen (secondary N) is 1. The van der Waals surface area contributed by atoms with Crippen LogP contribution >= 0.6 is 0 Å². The van der Waals surface area contributed by atoms with E-state index >= 15 is 0 Å². The second-order valence-corrected chi connectivity index (χ2v) is 5.46. The van der Waals surface area contributed by atoms with Crippen molar-refractivity contribution in [3.05, 3.63) is 0 Å². The van der Waals surface area contributed by atoms with Gasteiger partial charge in [-0.3, -0.25) is 0 Å². The second kappa shape index (κ2) is 4.19. The molecular weight excluding hydrogens is 174 g/mol. The molecule has 2 N–H and O–H groups in total.